The van der Waals surface area contributed by atoms with E-state index in [0.29, 0.717) is 0 Å². The first kappa shape index (κ1) is 14.9. The van der Waals surface area contributed by atoms with Crippen LogP contribution < -0.4 is 4.72 Å². The van der Waals surface area contributed by atoms with Crippen LogP contribution in [0.4, 0.5) is 0 Å². The zero-order valence-corrected chi connectivity index (χ0v) is 14.0. The topological polar surface area (TPSA) is 24.4 Å². The Bertz CT molecular complexity index is 742. The number of benzene rings is 2. The van der Waals surface area contributed by atoms with E-state index in [0.717, 1.165) is 12.3 Å². The highest BCUT2D eigenvalue weighted by atomic mass is 32.2. The maximum Gasteiger partial charge on any atom is 0.0801 e. The third-order valence-electron chi connectivity index (χ3n) is 4.00. The molecule has 112 valence electrons. The number of rotatable bonds is 4. The maximum absolute atomic E-state index is 4.47. The van der Waals surface area contributed by atoms with Crippen molar-refractivity contribution in [1.82, 2.24) is 4.72 Å². The highest BCUT2D eigenvalue weighted by molar-refractivity contribution is 7.97. The van der Waals surface area contributed by atoms with Crippen LogP contribution >= 0.6 is 11.9 Å². The van der Waals surface area contributed by atoms with Gasteiger partial charge < -0.3 is 4.72 Å². The van der Waals surface area contributed by atoms with Crippen LogP contribution in [0.1, 0.15) is 19.4 Å². The monoisotopic (exact) mass is 308 g/mol. The quantitative estimate of drug-likeness (QED) is 0.803. The van der Waals surface area contributed by atoms with E-state index >= 15 is 0 Å². The van der Waals surface area contributed by atoms with Crippen LogP contribution in [-0.2, 0) is 0 Å². The molecule has 0 aromatic heterocycles. The second kappa shape index (κ2) is 6.41. The van der Waals surface area contributed by atoms with Crippen molar-refractivity contribution >= 4 is 17.7 Å². The van der Waals surface area contributed by atoms with Crippen molar-refractivity contribution in [2.24, 2.45) is 4.99 Å². The summed E-state index contributed by atoms with van der Waals surface area (Å²) in [5.74, 6) is 0. The molecule has 0 fully saturated rings. The molecule has 0 bridgehead atoms. The molecule has 1 aliphatic heterocycles. The van der Waals surface area contributed by atoms with Crippen LogP contribution in [-0.4, -0.2) is 12.3 Å². The van der Waals surface area contributed by atoms with Crippen molar-refractivity contribution in [3.63, 3.8) is 0 Å². The molecular weight excluding hydrogens is 288 g/mol. The smallest absolute Gasteiger partial charge is 0.0801 e. The molecule has 1 heterocycles. The Morgan fingerprint density at radius 1 is 0.955 bits per heavy atom. The molecule has 0 saturated carbocycles. The summed E-state index contributed by atoms with van der Waals surface area (Å²) in [6, 6.07) is 17.2. The van der Waals surface area contributed by atoms with Gasteiger partial charge in [-0.3, -0.25) is 4.99 Å². The first-order valence-electron chi connectivity index (χ1n) is 7.45. The molecule has 22 heavy (non-hydrogen) atoms. The van der Waals surface area contributed by atoms with Crippen LogP contribution in [0.25, 0.3) is 11.1 Å². The zero-order chi connectivity index (χ0) is 15.5. The molecular formula is C19H20N2S. The van der Waals surface area contributed by atoms with Gasteiger partial charge in [-0.15, -0.1) is 0 Å². The van der Waals surface area contributed by atoms with Gasteiger partial charge in [-0.25, -0.2) is 0 Å². The predicted octanol–water partition coefficient (Wildman–Crippen LogP) is 5.01. The molecule has 2 aromatic rings. The van der Waals surface area contributed by atoms with Crippen LogP contribution in [0.3, 0.4) is 0 Å². The van der Waals surface area contributed by atoms with E-state index in [-0.39, 0.29) is 0 Å². The van der Waals surface area contributed by atoms with E-state index in [2.05, 4.69) is 79.0 Å². The third kappa shape index (κ3) is 3.09. The zero-order valence-electron chi connectivity index (χ0n) is 13.2. The Hall–Kier alpha value is -2.00. The predicted molar refractivity (Wildman–Crippen MR) is 96.3 cm³/mol. The molecule has 2 aromatic carbocycles. The summed E-state index contributed by atoms with van der Waals surface area (Å²) < 4.78 is 3.48. The molecule has 3 heteroatoms. The summed E-state index contributed by atoms with van der Waals surface area (Å²) in [4.78, 5) is 5.70. The van der Waals surface area contributed by atoms with Crippen LogP contribution in [0.5, 0.6) is 0 Å². The SMILES string of the molecule is CC1=NCC(NSc2ccccc2-c2ccc(C)cc2)=C1C. The molecule has 0 amide bonds. The van der Waals surface area contributed by atoms with E-state index in [9.17, 15) is 0 Å². The summed E-state index contributed by atoms with van der Waals surface area (Å²) in [5.41, 5.74) is 7.40. The van der Waals surface area contributed by atoms with Gasteiger partial charge in [0.1, 0.15) is 0 Å². The highest BCUT2D eigenvalue weighted by Gasteiger charge is 2.13. The molecule has 0 unspecified atom stereocenters. The second-order valence-corrected chi connectivity index (χ2v) is 6.42. The molecule has 1 aliphatic rings. The van der Waals surface area contributed by atoms with E-state index in [4.69, 9.17) is 0 Å². The van der Waals surface area contributed by atoms with E-state index in [1.165, 1.54) is 32.9 Å². The van der Waals surface area contributed by atoms with Crippen LogP contribution in [0, 0.1) is 6.92 Å². The summed E-state index contributed by atoms with van der Waals surface area (Å²) in [7, 11) is 0. The minimum atomic E-state index is 0.761. The van der Waals surface area contributed by atoms with Crippen LogP contribution in [0.2, 0.25) is 0 Å². The number of hydrogen-bond acceptors (Lipinski definition) is 3. The summed E-state index contributed by atoms with van der Waals surface area (Å²) >= 11 is 1.67. The van der Waals surface area contributed by atoms with Crippen LogP contribution in [0.15, 0.2) is 69.7 Å². The second-order valence-electron chi connectivity index (χ2n) is 5.57. The van der Waals surface area contributed by atoms with Crippen molar-refractivity contribution in [2.75, 3.05) is 6.54 Å². The highest BCUT2D eigenvalue weighted by Crippen LogP contribution is 2.31. The Balaban J connectivity index is 1.82. The van der Waals surface area contributed by atoms with Crippen molar-refractivity contribution in [1.29, 1.82) is 0 Å². The van der Waals surface area contributed by atoms with E-state index in [1.54, 1.807) is 11.9 Å². The van der Waals surface area contributed by atoms with Gasteiger partial charge in [0.05, 0.1) is 6.54 Å². The molecule has 1 N–H and O–H groups in total. The fourth-order valence-corrected chi connectivity index (χ4v) is 3.30. The van der Waals surface area contributed by atoms with Gasteiger partial charge >= 0.3 is 0 Å². The van der Waals surface area contributed by atoms with Crippen molar-refractivity contribution < 1.29 is 0 Å². The number of aliphatic imine (C=N–C) groups is 1. The number of nitrogens with one attached hydrogen (secondary N) is 1. The van der Waals surface area contributed by atoms with Crippen molar-refractivity contribution in [2.45, 2.75) is 25.7 Å². The first-order chi connectivity index (χ1) is 10.6. The normalized spacial score (nSPS) is 14.2. The molecule has 0 saturated heterocycles. The lowest BCUT2D eigenvalue weighted by molar-refractivity contribution is 1.07. The molecule has 2 nitrogen and oxygen atoms in total. The number of hydrogen-bond donors (Lipinski definition) is 1. The van der Waals surface area contributed by atoms with Gasteiger partial charge in [-0.05, 0) is 55.5 Å². The molecule has 3 rings (SSSR count). The van der Waals surface area contributed by atoms with Gasteiger partial charge in [0.25, 0.3) is 0 Å². The van der Waals surface area contributed by atoms with Crippen molar-refractivity contribution in [3.05, 3.63) is 65.4 Å². The minimum Gasteiger partial charge on any atom is -0.327 e. The number of aryl methyl sites for hydroxylation is 1. The largest absolute Gasteiger partial charge is 0.327 e. The summed E-state index contributed by atoms with van der Waals surface area (Å²) in [5, 5.41) is 0. The van der Waals surface area contributed by atoms with E-state index < -0.39 is 0 Å². The van der Waals surface area contributed by atoms with Gasteiger partial charge in [-0.2, -0.15) is 0 Å². The molecule has 0 spiro atoms. The molecule has 0 atom stereocenters. The Morgan fingerprint density at radius 2 is 1.68 bits per heavy atom. The lowest BCUT2D eigenvalue weighted by Gasteiger charge is -2.12. The average molecular weight is 308 g/mol. The van der Waals surface area contributed by atoms with Crippen molar-refractivity contribution in [3.8, 4) is 11.1 Å². The van der Waals surface area contributed by atoms with Gasteiger partial charge in [-0.1, -0.05) is 48.0 Å². The average Bonchev–Trinajstić information content (AvgIpc) is 2.86. The summed E-state index contributed by atoms with van der Waals surface area (Å²) in [6.45, 7) is 7.07. The fourth-order valence-electron chi connectivity index (χ4n) is 2.41. The van der Waals surface area contributed by atoms with Gasteiger partial charge in [0, 0.05) is 16.3 Å². The lowest BCUT2D eigenvalue weighted by Crippen LogP contribution is -2.07. The standard InChI is InChI=1S/C19H20N2S/c1-13-8-10-16(11-9-13)17-6-4-5-7-19(17)22-21-18-12-20-15(3)14(18)2/h4-11,21H,12H2,1-3H3. The van der Waals surface area contributed by atoms with E-state index in [1.807, 2.05) is 0 Å². The minimum absolute atomic E-state index is 0.761. The fraction of sp³-hybridized carbons (Fsp3) is 0.211. The van der Waals surface area contributed by atoms with Gasteiger partial charge in [0.15, 0.2) is 0 Å². The summed E-state index contributed by atoms with van der Waals surface area (Å²) in [6.07, 6.45) is 0. The maximum atomic E-state index is 4.47. The number of allylic oxidation sites excluding steroid dienone is 1. The van der Waals surface area contributed by atoms with Gasteiger partial charge in [0.2, 0.25) is 0 Å². The molecule has 0 aliphatic carbocycles. The first-order valence-corrected chi connectivity index (χ1v) is 8.27. The lowest BCUT2D eigenvalue weighted by atomic mass is 10.0. The Kier molecular flexibility index (Phi) is 4.34. The molecule has 0 radical (unpaired) electrons. The Morgan fingerprint density at radius 3 is 2.36 bits per heavy atom. The number of nitrogens with zero attached hydrogens (tertiary/aromatic N) is 1. The Labute approximate surface area is 136 Å². The third-order valence-corrected chi connectivity index (χ3v) is 4.93.